The van der Waals surface area contributed by atoms with Gasteiger partial charge in [0.05, 0.1) is 4.83 Å². The van der Waals surface area contributed by atoms with E-state index >= 15 is 0 Å². The highest BCUT2D eigenvalue weighted by Gasteiger charge is 2.24. The second-order valence-electron chi connectivity index (χ2n) is 5.60. The first-order valence-corrected chi connectivity index (χ1v) is 7.82. The Morgan fingerprint density at radius 2 is 1.60 bits per heavy atom. The molecule has 1 aromatic carbocycles. The Labute approximate surface area is 128 Å². The minimum atomic E-state index is -0.912. The largest absolute Gasteiger partial charge is 0.207 e. The molecular weight excluding hydrogens is 349 g/mol. The number of hydrogen-bond donors (Lipinski definition) is 0. The van der Waals surface area contributed by atoms with Crippen molar-refractivity contribution in [1.29, 1.82) is 0 Å². The van der Waals surface area contributed by atoms with Gasteiger partial charge in [-0.1, -0.05) is 36.7 Å². The Morgan fingerprint density at radius 3 is 2.05 bits per heavy atom. The van der Waals surface area contributed by atoms with E-state index in [0.717, 1.165) is 9.75 Å². The van der Waals surface area contributed by atoms with E-state index in [-0.39, 0.29) is 11.0 Å². The molecule has 0 amide bonds. The van der Waals surface area contributed by atoms with E-state index in [1.54, 1.807) is 0 Å². The summed E-state index contributed by atoms with van der Waals surface area (Å²) in [7, 11) is 0. The summed E-state index contributed by atoms with van der Waals surface area (Å²) < 4.78 is 40.5. The molecule has 0 bridgehead atoms. The van der Waals surface area contributed by atoms with Crippen LogP contribution in [0.15, 0.2) is 24.3 Å². The second kappa shape index (κ2) is 5.53. The fraction of sp³-hybridized carbons (Fsp3) is 0.333. The average Bonchev–Trinajstić information content (AvgIpc) is 2.75. The molecule has 0 aliphatic heterocycles. The molecule has 1 atom stereocenters. The molecule has 0 aliphatic carbocycles. The Morgan fingerprint density at radius 1 is 1.05 bits per heavy atom. The van der Waals surface area contributed by atoms with Crippen LogP contribution < -0.4 is 0 Å². The molecule has 0 nitrogen and oxygen atoms in total. The minimum absolute atomic E-state index is 0.0183. The molecule has 1 unspecified atom stereocenters. The lowest BCUT2D eigenvalue weighted by atomic mass is 9.95. The van der Waals surface area contributed by atoms with Gasteiger partial charge < -0.3 is 0 Å². The Hall–Kier alpha value is -0.810. The number of alkyl halides is 1. The van der Waals surface area contributed by atoms with E-state index < -0.39 is 22.3 Å². The van der Waals surface area contributed by atoms with Crippen LogP contribution >= 0.6 is 27.3 Å². The van der Waals surface area contributed by atoms with Crippen LogP contribution in [0, 0.1) is 17.5 Å². The van der Waals surface area contributed by atoms with E-state index in [2.05, 4.69) is 36.7 Å². The van der Waals surface area contributed by atoms with Crippen molar-refractivity contribution < 1.29 is 13.2 Å². The molecule has 0 saturated heterocycles. The fourth-order valence-electron chi connectivity index (χ4n) is 1.83. The van der Waals surface area contributed by atoms with Crippen LogP contribution in [-0.2, 0) is 5.41 Å². The van der Waals surface area contributed by atoms with Gasteiger partial charge in [-0.15, -0.1) is 11.3 Å². The smallest absolute Gasteiger partial charge is 0.133 e. The zero-order chi connectivity index (χ0) is 15.1. The molecular formula is C15H14BrF3S. The minimum Gasteiger partial charge on any atom is -0.207 e. The third-order valence-corrected chi connectivity index (χ3v) is 5.74. The van der Waals surface area contributed by atoms with Crippen LogP contribution in [0.5, 0.6) is 0 Å². The van der Waals surface area contributed by atoms with Crippen molar-refractivity contribution in [2.75, 3.05) is 0 Å². The maximum absolute atomic E-state index is 13.8. The summed E-state index contributed by atoms with van der Waals surface area (Å²) in [6.45, 7) is 6.22. The van der Waals surface area contributed by atoms with Gasteiger partial charge in [-0.3, -0.25) is 0 Å². The first kappa shape index (κ1) is 15.6. The first-order valence-electron chi connectivity index (χ1n) is 6.09. The Kier molecular flexibility index (Phi) is 4.30. The normalized spacial score (nSPS) is 13.6. The van der Waals surface area contributed by atoms with Crippen LogP contribution in [0.25, 0.3) is 0 Å². The molecule has 0 saturated carbocycles. The molecule has 0 radical (unpaired) electrons. The third kappa shape index (κ3) is 3.09. The van der Waals surface area contributed by atoms with Crippen molar-refractivity contribution in [1.82, 2.24) is 0 Å². The van der Waals surface area contributed by atoms with E-state index in [9.17, 15) is 13.2 Å². The summed E-state index contributed by atoms with van der Waals surface area (Å²) in [5.74, 6) is -2.67. The monoisotopic (exact) mass is 362 g/mol. The third-order valence-electron chi connectivity index (χ3n) is 2.91. The van der Waals surface area contributed by atoms with Crippen LogP contribution in [0.2, 0.25) is 0 Å². The second-order valence-corrected chi connectivity index (χ2v) is 7.63. The molecule has 1 aromatic heterocycles. The molecule has 1 heterocycles. The van der Waals surface area contributed by atoms with E-state index in [1.165, 1.54) is 11.3 Å². The van der Waals surface area contributed by atoms with Gasteiger partial charge in [0.2, 0.25) is 0 Å². The molecule has 0 aliphatic rings. The van der Waals surface area contributed by atoms with Crippen molar-refractivity contribution in [3.8, 4) is 0 Å². The van der Waals surface area contributed by atoms with Crippen molar-refractivity contribution >= 4 is 27.3 Å². The van der Waals surface area contributed by atoms with E-state index in [1.807, 2.05) is 12.1 Å². The van der Waals surface area contributed by atoms with Gasteiger partial charge in [-0.2, -0.15) is 0 Å². The van der Waals surface area contributed by atoms with Gasteiger partial charge in [0.15, 0.2) is 0 Å². The predicted molar refractivity (Wildman–Crippen MR) is 80.1 cm³/mol. The highest BCUT2D eigenvalue weighted by Crippen LogP contribution is 2.40. The quantitative estimate of drug-likeness (QED) is 0.579. The first-order chi connectivity index (χ1) is 9.20. The predicted octanol–water partition coefficient (Wildman–Crippen LogP) is 5.95. The maximum atomic E-state index is 13.8. The van der Waals surface area contributed by atoms with E-state index in [0.29, 0.717) is 12.1 Å². The van der Waals surface area contributed by atoms with Gasteiger partial charge in [0, 0.05) is 27.5 Å². The average molecular weight is 363 g/mol. The highest BCUT2D eigenvalue weighted by molar-refractivity contribution is 9.09. The molecule has 0 spiro atoms. The molecule has 2 rings (SSSR count). The lowest BCUT2D eigenvalue weighted by molar-refractivity contribution is 0.528. The molecule has 108 valence electrons. The number of rotatable bonds is 2. The SMILES string of the molecule is CC(C)(C)c1ccc(C(Br)c2c(F)cc(F)cc2F)s1. The van der Waals surface area contributed by atoms with Crippen molar-refractivity contribution in [2.24, 2.45) is 0 Å². The number of halogens is 4. The maximum Gasteiger partial charge on any atom is 0.133 e. The summed E-state index contributed by atoms with van der Waals surface area (Å²) in [6.07, 6.45) is 0. The highest BCUT2D eigenvalue weighted by atomic mass is 79.9. The molecule has 2 aromatic rings. The molecule has 20 heavy (non-hydrogen) atoms. The van der Waals surface area contributed by atoms with E-state index in [4.69, 9.17) is 0 Å². The topological polar surface area (TPSA) is 0 Å². The van der Waals surface area contributed by atoms with Crippen molar-refractivity contribution in [2.45, 2.75) is 31.0 Å². The Balaban J connectivity index is 2.42. The van der Waals surface area contributed by atoms with Crippen molar-refractivity contribution in [3.05, 3.63) is 57.0 Å². The Bertz CT molecular complexity index is 605. The summed E-state index contributed by atoms with van der Waals surface area (Å²) in [4.78, 5) is 1.29. The van der Waals surface area contributed by atoms with Gasteiger partial charge >= 0.3 is 0 Å². The van der Waals surface area contributed by atoms with Gasteiger partial charge in [-0.05, 0) is 17.5 Å². The van der Waals surface area contributed by atoms with Crippen LogP contribution in [0.3, 0.4) is 0 Å². The number of benzene rings is 1. The van der Waals surface area contributed by atoms with Gasteiger partial charge in [0.25, 0.3) is 0 Å². The lowest BCUT2D eigenvalue weighted by Crippen LogP contribution is -2.07. The molecule has 0 N–H and O–H groups in total. The lowest BCUT2D eigenvalue weighted by Gasteiger charge is -2.16. The zero-order valence-electron chi connectivity index (χ0n) is 11.3. The fourth-order valence-corrected chi connectivity index (χ4v) is 3.75. The summed E-state index contributed by atoms with van der Waals surface area (Å²) >= 11 is 4.80. The zero-order valence-corrected chi connectivity index (χ0v) is 13.7. The van der Waals surface area contributed by atoms with Gasteiger partial charge in [-0.25, -0.2) is 13.2 Å². The number of thiophene rings is 1. The number of hydrogen-bond acceptors (Lipinski definition) is 1. The summed E-state index contributed by atoms with van der Waals surface area (Å²) in [5, 5.41) is 0. The summed E-state index contributed by atoms with van der Waals surface area (Å²) in [6, 6.07) is 5.19. The van der Waals surface area contributed by atoms with Crippen LogP contribution in [0.1, 0.15) is 40.9 Å². The van der Waals surface area contributed by atoms with Crippen LogP contribution in [-0.4, -0.2) is 0 Å². The molecule has 0 fully saturated rings. The standard InChI is InChI=1S/C15H14BrF3S/c1-15(2,3)12-5-4-11(20-12)14(16)13-9(18)6-8(17)7-10(13)19/h4-7,14H,1-3H3. The van der Waals surface area contributed by atoms with Crippen LogP contribution in [0.4, 0.5) is 13.2 Å². The van der Waals surface area contributed by atoms with Crippen molar-refractivity contribution in [3.63, 3.8) is 0 Å². The molecule has 5 heteroatoms. The van der Waals surface area contributed by atoms with Gasteiger partial charge in [0.1, 0.15) is 17.5 Å². The summed E-state index contributed by atoms with van der Waals surface area (Å²) in [5.41, 5.74) is -0.177.